The van der Waals surface area contributed by atoms with Crippen molar-refractivity contribution in [3.63, 3.8) is 0 Å². The van der Waals surface area contributed by atoms with Gasteiger partial charge in [-0.1, -0.05) is 13.8 Å². The van der Waals surface area contributed by atoms with Crippen LogP contribution >= 0.6 is 0 Å². The highest BCUT2D eigenvalue weighted by Crippen LogP contribution is 2.32. The minimum atomic E-state index is -3.64. The van der Waals surface area contributed by atoms with Crippen LogP contribution in [0.15, 0.2) is 23.1 Å². The van der Waals surface area contributed by atoms with Crippen molar-refractivity contribution in [1.82, 2.24) is 19.5 Å². The Morgan fingerprint density at radius 1 is 1.35 bits per heavy atom. The number of nitrogens with zero attached hydrogens (tertiary/aromatic N) is 3. The van der Waals surface area contributed by atoms with Gasteiger partial charge in [-0.2, -0.15) is 5.10 Å². The number of aryl methyl sites for hydroxylation is 1. The maximum atomic E-state index is 12.9. The van der Waals surface area contributed by atoms with Crippen molar-refractivity contribution in [2.75, 3.05) is 0 Å². The minimum Gasteiger partial charge on any atom is -0.490 e. The van der Waals surface area contributed by atoms with Crippen molar-refractivity contribution in [3.05, 3.63) is 35.4 Å². The first-order valence-corrected chi connectivity index (χ1v) is 10.6. The highest BCUT2D eigenvalue weighted by Gasteiger charge is 2.30. The van der Waals surface area contributed by atoms with E-state index in [9.17, 15) is 8.42 Å². The van der Waals surface area contributed by atoms with E-state index in [4.69, 9.17) is 4.74 Å². The molecule has 4 rings (SSSR count). The number of sulfonamides is 1. The predicted molar refractivity (Wildman–Crippen MR) is 96.6 cm³/mol. The van der Waals surface area contributed by atoms with E-state index in [0.29, 0.717) is 5.82 Å². The van der Waals surface area contributed by atoms with Crippen LogP contribution in [0.4, 0.5) is 0 Å². The van der Waals surface area contributed by atoms with E-state index in [1.54, 1.807) is 18.2 Å². The number of ether oxygens (including phenoxy) is 1. The smallest absolute Gasteiger partial charge is 0.241 e. The average Bonchev–Trinajstić information content (AvgIpc) is 3.16. The lowest BCUT2D eigenvalue weighted by atomic mass is 10.1. The highest BCUT2D eigenvalue weighted by atomic mass is 32.2. The third-order valence-corrected chi connectivity index (χ3v) is 6.35. The van der Waals surface area contributed by atoms with Gasteiger partial charge in [-0.15, -0.1) is 0 Å². The van der Waals surface area contributed by atoms with Gasteiger partial charge < -0.3 is 4.74 Å². The number of aromatic nitrogens is 3. The zero-order valence-corrected chi connectivity index (χ0v) is 16.1. The van der Waals surface area contributed by atoms with Crippen molar-refractivity contribution >= 4 is 10.0 Å². The number of hydrogen-bond acceptors (Lipinski definition) is 5. The second-order valence-electron chi connectivity index (χ2n) is 7.42. The summed E-state index contributed by atoms with van der Waals surface area (Å²) in [7, 11) is -3.64. The molecule has 2 aliphatic heterocycles. The average molecular weight is 376 g/mol. The lowest BCUT2D eigenvalue weighted by Gasteiger charge is -2.23. The Hall–Kier alpha value is -1.93. The first kappa shape index (κ1) is 17.5. The van der Waals surface area contributed by atoms with Gasteiger partial charge in [0.15, 0.2) is 5.82 Å². The molecule has 140 valence electrons. The van der Waals surface area contributed by atoms with E-state index in [2.05, 4.69) is 14.8 Å². The van der Waals surface area contributed by atoms with Crippen LogP contribution in [0.1, 0.15) is 62.8 Å². The zero-order valence-electron chi connectivity index (χ0n) is 15.3. The van der Waals surface area contributed by atoms with Crippen LogP contribution < -0.4 is 9.46 Å². The van der Waals surface area contributed by atoms with Crippen LogP contribution in [-0.4, -0.2) is 29.3 Å². The fraction of sp³-hybridized carbons (Fsp3) is 0.556. The summed E-state index contributed by atoms with van der Waals surface area (Å²) in [6, 6.07) is 4.71. The summed E-state index contributed by atoms with van der Waals surface area (Å²) in [5.74, 6) is 2.45. The van der Waals surface area contributed by atoms with Gasteiger partial charge in [-0.05, 0) is 43.5 Å². The Morgan fingerprint density at radius 2 is 2.15 bits per heavy atom. The molecule has 0 bridgehead atoms. The van der Waals surface area contributed by atoms with Gasteiger partial charge in [0.05, 0.1) is 10.9 Å². The molecule has 0 amide bonds. The van der Waals surface area contributed by atoms with Crippen molar-refractivity contribution in [2.24, 2.45) is 0 Å². The van der Waals surface area contributed by atoms with Crippen LogP contribution in [0.3, 0.4) is 0 Å². The van der Waals surface area contributed by atoms with Gasteiger partial charge in [0.2, 0.25) is 10.0 Å². The topological polar surface area (TPSA) is 86.1 Å². The largest absolute Gasteiger partial charge is 0.490 e. The molecule has 7 nitrogen and oxygen atoms in total. The van der Waals surface area contributed by atoms with E-state index in [1.807, 2.05) is 25.5 Å². The van der Waals surface area contributed by atoms with Gasteiger partial charge in [0.25, 0.3) is 0 Å². The van der Waals surface area contributed by atoms with Crippen molar-refractivity contribution < 1.29 is 13.2 Å². The fourth-order valence-corrected chi connectivity index (χ4v) is 4.82. The van der Waals surface area contributed by atoms with E-state index in [-0.39, 0.29) is 23.0 Å². The quantitative estimate of drug-likeness (QED) is 0.886. The normalized spacial score (nSPS) is 22.2. The summed E-state index contributed by atoms with van der Waals surface area (Å²) in [5.41, 5.74) is 0.939. The molecule has 0 saturated carbocycles. The number of benzene rings is 1. The number of fused-ring (bicyclic) bond motifs is 2. The molecule has 1 N–H and O–H groups in total. The molecule has 3 heterocycles. The summed E-state index contributed by atoms with van der Waals surface area (Å²) in [6.07, 6.45) is 2.41. The number of nitrogens with one attached hydrogen (secondary N) is 1. The van der Waals surface area contributed by atoms with E-state index >= 15 is 0 Å². The van der Waals surface area contributed by atoms with Gasteiger partial charge in [-0.3, -0.25) is 0 Å². The molecule has 2 aliphatic rings. The molecule has 0 spiro atoms. The summed E-state index contributed by atoms with van der Waals surface area (Å²) >= 11 is 0. The molecule has 2 atom stereocenters. The number of rotatable bonds is 4. The second kappa shape index (κ2) is 6.35. The van der Waals surface area contributed by atoms with Crippen molar-refractivity contribution in [2.45, 2.75) is 69.5 Å². The molecule has 0 unspecified atom stereocenters. The summed E-state index contributed by atoms with van der Waals surface area (Å²) < 4.78 is 36.2. The Kier molecular flexibility index (Phi) is 4.27. The van der Waals surface area contributed by atoms with Crippen LogP contribution in [0.2, 0.25) is 0 Å². The fourth-order valence-electron chi connectivity index (χ4n) is 3.55. The van der Waals surface area contributed by atoms with E-state index in [0.717, 1.165) is 42.9 Å². The molecule has 0 saturated heterocycles. The van der Waals surface area contributed by atoms with Gasteiger partial charge in [0, 0.05) is 18.9 Å². The molecule has 1 aromatic carbocycles. The predicted octanol–water partition coefficient (Wildman–Crippen LogP) is 2.54. The van der Waals surface area contributed by atoms with Crippen LogP contribution in [0.25, 0.3) is 0 Å². The van der Waals surface area contributed by atoms with Crippen molar-refractivity contribution in [3.8, 4) is 5.75 Å². The maximum Gasteiger partial charge on any atom is 0.241 e. The van der Waals surface area contributed by atoms with Crippen LogP contribution in [-0.2, 0) is 23.0 Å². The molecular formula is C18H24N4O3S. The van der Waals surface area contributed by atoms with Gasteiger partial charge in [0.1, 0.15) is 17.7 Å². The monoisotopic (exact) mass is 376 g/mol. The van der Waals surface area contributed by atoms with E-state index in [1.165, 1.54) is 0 Å². The zero-order chi connectivity index (χ0) is 18.5. The molecule has 0 radical (unpaired) electrons. The standard InChI is InChI=1S/C18H24N4O3S/c1-11(2)17-19-18-15(5-4-8-22(18)20-17)21-26(23,24)14-6-7-16-13(10-14)9-12(3)25-16/h6-7,10-12,15,21H,4-5,8-9H2,1-3H3/t12-,15-/m1/s1. The van der Waals surface area contributed by atoms with Crippen LogP contribution in [0, 0.1) is 0 Å². The highest BCUT2D eigenvalue weighted by molar-refractivity contribution is 7.89. The Balaban J connectivity index is 1.61. The lowest BCUT2D eigenvalue weighted by molar-refractivity contribution is 0.254. The molecule has 2 aromatic rings. The Morgan fingerprint density at radius 3 is 2.92 bits per heavy atom. The lowest BCUT2D eigenvalue weighted by Crippen LogP contribution is -2.33. The SMILES string of the molecule is CC(C)c1nc2n(n1)CCC[C@H]2NS(=O)(=O)c1ccc2c(c1)C[C@@H](C)O2. The first-order chi connectivity index (χ1) is 12.3. The summed E-state index contributed by atoms with van der Waals surface area (Å²) in [5, 5.41) is 4.51. The third-order valence-electron chi connectivity index (χ3n) is 4.88. The minimum absolute atomic E-state index is 0.0854. The molecule has 0 fully saturated rings. The van der Waals surface area contributed by atoms with Crippen LogP contribution in [0.5, 0.6) is 5.75 Å². The molecule has 26 heavy (non-hydrogen) atoms. The van der Waals surface area contributed by atoms with Gasteiger partial charge >= 0.3 is 0 Å². The molecule has 0 aliphatic carbocycles. The van der Waals surface area contributed by atoms with Crippen molar-refractivity contribution in [1.29, 1.82) is 0 Å². The third kappa shape index (κ3) is 3.12. The maximum absolute atomic E-state index is 12.9. The Labute approximate surface area is 153 Å². The number of hydrogen-bond donors (Lipinski definition) is 1. The van der Waals surface area contributed by atoms with E-state index < -0.39 is 10.0 Å². The van der Waals surface area contributed by atoms with Gasteiger partial charge in [-0.25, -0.2) is 22.8 Å². The summed E-state index contributed by atoms with van der Waals surface area (Å²) in [4.78, 5) is 4.86. The second-order valence-corrected chi connectivity index (χ2v) is 9.14. The molecular weight excluding hydrogens is 352 g/mol. The Bertz CT molecular complexity index is 936. The summed E-state index contributed by atoms with van der Waals surface area (Å²) in [6.45, 7) is 6.83. The molecule has 1 aromatic heterocycles. The first-order valence-electron chi connectivity index (χ1n) is 9.10. The molecule has 8 heteroatoms.